The lowest BCUT2D eigenvalue weighted by atomic mass is 9.90. The van der Waals surface area contributed by atoms with Gasteiger partial charge in [-0.3, -0.25) is 9.79 Å². The number of hydrogen-bond acceptors (Lipinski definition) is 3. The van der Waals surface area contributed by atoms with Crippen LogP contribution in [-0.4, -0.2) is 16.8 Å². The zero-order valence-corrected chi connectivity index (χ0v) is 12.8. The van der Waals surface area contributed by atoms with E-state index in [4.69, 9.17) is 4.99 Å². The molecule has 0 fully saturated rings. The summed E-state index contributed by atoms with van der Waals surface area (Å²) in [5.41, 5.74) is 0.910. The van der Waals surface area contributed by atoms with E-state index < -0.39 is 0 Å². The number of halogens is 1. The number of aliphatic imine (C=N–C) groups is 1. The molecule has 18 heavy (non-hydrogen) atoms. The van der Waals surface area contributed by atoms with E-state index in [1.807, 2.05) is 12.1 Å². The number of nitrogens with zero attached hydrogens (tertiary/aromatic N) is 1. The lowest BCUT2D eigenvalue weighted by Crippen LogP contribution is -2.34. The van der Waals surface area contributed by atoms with Gasteiger partial charge >= 0.3 is 0 Å². The molecule has 0 aromatic heterocycles. The lowest BCUT2D eigenvalue weighted by Gasteiger charge is -2.30. The molecule has 2 rings (SSSR count). The van der Waals surface area contributed by atoms with Gasteiger partial charge in [-0.05, 0) is 31.0 Å². The molecule has 0 saturated carbocycles. The van der Waals surface area contributed by atoms with Gasteiger partial charge in [0.1, 0.15) is 0 Å². The minimum absolute atomic E-state index is 0.0697. The number of amidine groups is 1. The first kappa shape index (κ1) is 13.6. The van der Waals surface area contributed by atoms with Gasteiger partial charge in [0.15, 0.2) is 5.17 Å². The molecule has 3 nitrogen and oxygen atoms in total. The average Bonchev–Trinajstić information content (AvgIpc) is 2.28. The van der Waals surface area contributed by atoms with Crippen molar-refractivity contribution in [2.75, 3.05) is 5.75 Å². The Morgan fingerprint density at radius 2 is 2.33 bits per heavy atom. The standard InChI is InChI=1S/C13H15BrN2OS/c1-9(17)15-12-16-13(2,6-7-18-12)10-4-3-5-11(14)8-10/h3-5,8H,6-7H2,1-2H3,(H,15,16,17)/t13-/m0/s1. The normalized spacial score (nSPS) is 23.4. The number of benzene rings is 1. The molecule has 0 radical (unpaired) electrons. The summed E-state index contributed by atoms with van der Waals surface area (Å²) in [6.07, 6.45) is 0.969. The SMILES string of the molecule is CC(=O)NC1=N[C@](C)(c2cccc(Br)c2)CCS1. The minimum atomic E-state index is -0.257. The molecule has 96 valence electrons. The van der Waals surface area contributed by atoms with E-state index in [0.717, 1.165) is 21.8 Å². The zero-order valence-electron chi connectivity index (χ0n) is 10.4. The van der Waals surface area contributed by atoms with Crippen LogP contribution in [0.2, 0.25) is 0 Å². The fourth-order valence-corrected chi connectivity index (χ4v) is 3.48. The van der Waals surface area contributed by atoms with Crippen LogP contribution in [0.25, 0.3) is 0 Å². The molecule has 0 bridgehead atoms. The molecular formula is C13H15BrN2OS. The lowest BCUT2D eigenvalue weighted by molar-refractivity contribution is -0.117. The van der Waals surface area contributed by atoms with Gasteiger partial charge in [0.2, 0.25) is 5.91 Å². The van der Waals surface area contributed by atoms with Gasteiger partial charge in [0, 0.05) is 17.1 Å². The number of amides is 1. The Kier molecular flexibility index (Phi) is 4.12. The highest BCUT2D eigenvalue weighted by molar-refractivity contribution is 9.10. The van der Waals surface area contributed by atoms with Crippen molar-refractivity contribution in [1.82, 2.24) is 5.32 Å². The maximum absolute atomic E-state index is 11.1. The van der Waals surface area contributed by atoms with Gasteiger partial charge in [-0.2, -0.15) is 0 Å². The van der Waals surface area contributed by atoms with Gasteiger partial charge < -0.3 is 5.32 Å². The second kappa shape index (κ2) is 5.45. The van der Waals surface area contributed by atoms with E-state index in [2.05, 4.69) is 40.3 Å². The summed E-state index contributed by atoms with van der Waals surface area (Å²) in [7, 11) is 0. The Morgan fingerprint density at radius 3 is 3.00 bits per heavy atom. The van der Waals surface area contributed by atoms with Crippen LogP contribution in [-0.2, 0) is 10.3 Å². The zero-order chi connectivity index (χ0) is 13.2. The molecule has 0 aliphatic carbocycles. The molecule has 1 amide bonds. The van der Waals surface area contributed by atoms with Crippen molar-refractivity contribution in [2.45, 2.75) is 25.8 Å². The maximum Gasteiger partial charge on any atom is 0.222 e. The third-order valence-electron chi connectivity index (χ3n) is 2.91. The smallest absolute Gasteiger partial charge is 0.222 e. The summed E-state index contributed by atoms with van der Waals surface area (Å²) < 4.78 is 1.05. The number of hydrogen-bond donors (Lipinski definition) is 1. The van der Waals surface area contributed by atoms with E-state index in [1.54, 1.807) is 11.8 Å². The molecule has 0 saturated heterocycles. The Labute approximate surface area is 120 Å². The molecule has 1 aliphatic rings. The molecule has 5 heteroatoms. The summed E-state index contributed by atoms with van der Waals surface area (Å²) in [4.78, 5) is 15.8. The van der Waals surface area contributed by atoms with Crippen molar-refractivity contribution in [3.8, 4) is 0 Å². The van der Waals surface area contributed by atoms with Crippen LogP contribution in [0.4, 0.5) is 0 Å². The maximum atomic E-state index is 11.1. The van der Waals surface area contributed by atoms with Crippen LogP contribution in [0.3, 0.4) is 0 Å². The van der Waals surface area contributed by atoms with E-state index in [1.165, 1.54) is 12.5 Å². The van der Waals surface area contributed by atoms with Gasteiger partial charge in [-0.15, -0.1) is 0 Å². The second-order valence-electron chi connectivity index (χ2n) is 4.48. The van der Waals surface area contributed by atoms with Crippen molar-refractivity contribution in [3.05, 3.63) is 34.3 Å². The Hall–Kier alpha value is -0.810. The van der Waals surface area contributed by atoms with Gasteiger partial charge in [0.25, 0.3) is 0 Å². The Morgan fingerprint density at radius 1 is 1.56 bits per heavy atom. The summed E-state index contributed by atoms with van der Waals surface area (Å²) >= 11 is 5.08. The van der Waals surface area contributed by atoms with Crippen LogP contribution >= 0.6 is 27.7 Å². The molecule has 1 N–H and O–H groups in total. The Bertz CT molecular complexity index is 504. The number of thioether (sulfide) groups is 1. The Balaban J connectivity index is 2.32. The molecule has 1 aromatic carbocycles. The highest BCUT2D eigenvalue weighted by atomic mass is 79.9. The molecular weight excluding hydrogens is 312 g/mol. The number of carbonyl (C=O) groups excluding carboxylic acids is 1. The van der Waals surface area contributed by atoms with Gasteiger partial charge in [0.05, 0.1) is 5.54 Å². The molecule has 1 aliphatic heterocycles. The van der Waals surface area contributed by atoms with Crippen molar-refractivity contribution in [1.29, 1.82) is 0 Å². The molecule has 0 unspecified atom stereocenters. The largest absolute Gasteiger partial charge is 0.306 e. The number of nitrogens with one attached hydrogen (secondary N) is 1. The molecule has 1 atom stereocenters. The van der Waals surface area contributed by atoms with Crippen molar-refractivity contribution in [3.63, 3.8) is 0 Å². The highest BCUT2D eigenvalue weighted by Crippen LogP contribution is 2.36. The average molecular weight is 327 g/mol. The van der Waals surface area contributed by atoms with Crippen molar-refractivity contribution < 1.29 is 4.79 Å². The van der Waals surface area contributed by atoms with E-state index in [9.17, 15) is 4.79 Å². The van der Waals surface area contributed by atoms with E-state index >= 15 is 0 Å². The van der Waals surface area contributed by atoms with Gasteiger partial charge in [-0.25, -0.2) is 0 Å². The van der Waals surface area contributed by atoms with Crippen LogP contribution < -0.4 is 5.32 Å². The summed E-state index contributed by atoms with van der Waals surface area (Å²) in [6, 6.07) is 8.18. The highest BCUT2D eigenvalue weighted by Gasteiger charge is 2.30. The first-order chi connectivity index (χ1) is 8.49. The fourth-order valence-electron chi connectivity index (χ4n) is 1.91. The summed E-state index contributed by atoms with van der Waals surface area (Å²) in [5, 5.41) is 3.50. The molecule has 1 heterocycles. The predicted molar refractivity (Wildman–Crippen MR) is 79.8 cm³/mol. The van der Waals surface area contributed by atoms with E-state index in [0.29, 0.717) is 0 Å². The third-order valence-corrected chi connectivity index (χ3v) is 4.27. The van der Waals surface area contributed by atoms with Crippen molar-refractivity contribution >= 4 is 38.8 Å². The minimum Gasteiger partial charge on any atom is -0.306 e. The van der Waals surface area contributed by atoms with Gasteiger partial charge in [-0.1, -0.05) is 39.8 Å². The van der Waals surface area contributed by atoms with Crippen molar-refractivity contribution in [2.24, 2.45) is 4.99 Å². The predicted octanol–water partition coefficient (Wildman–Crippen LogP) is 3.29. The first-order valence-corrected chi connectivity index (χ1v) is 7.54. The van der Waals surface area contributed by atoms with Crippen LogP contribution in [0.15, 0.2) is 33.7 Å². The summed E-state index contributed by atoms with van der Waals surface area (Å²) in [6.45, 7) is 3.62. The monoisotopic (exact) mass is 326 g/mol. The van der Waals surface area contributed by atoms with Crippen LogP contribution in [0.5, 0.6) is 0 Å². The second-order valence-corrected chi connectivity index (χ2v) is 6.48. The number of rotatable bonds is 1. The number of carbonyl (C=O) groups is 1. The first-order valence-electron chi connectivity index (χ1n) is 5.76. The molecule has 0 spiro atoms. The van der Waals surface area contributed by atoms with Crippen LogP contribution in [0, 0.1) is 0 Å². The third kappa shape index (κ3) is 3.14. The van der Waals surface area contributed by atoms with E-state index in [-0.39, 0.29) is 11.4 Å². The van der Waals surface area contributed by atoms with Crippen LogP contribution in [0.1, 0.15) is 25.8 Å². The molecule has 1 aromatic rings. The topological polar surface area (TPSA) is 41.5 Å². The quantitative estimate of drug-likeness (QED) is 0.860. The summed E-state index contributed by atoms with van der Waals surface area (Å²) in [5.74, 6) is 0.891. The fraction of sp³-hybridized carbons (Fsp3) is 0.385.